The number of hydrogen-bond donors (Lipinski definition) is 2. The number of nitrogens with zero attached hydrogens (tertiary/aromatic N) is 4. The largest absolute Gasteiger partial charge is 0.386 e. The lowest BCUT2D eigenvalue weighted by atomic mass is 9.85. The van der Waals surface area contributed by atoms with Crippen molar-refractivity contribution in [2.45, 2.75) is 70.4 Å². The number of nitrogens with one attached hydrogen (secondary N) is 1. The van der Waals surface area contributed by atoms with Gasteiger partial charge in [0.1, 0.15) is 5.82 Å². The number of benzene rings is 1. The molecule has 5 rings (SSSR count). The fraction of sp³-hybridized carbons (Fsp3) is 0.577. The van der Waals surface area contributed by atoms with Crippen molar-refractivity contribution in [3.63, 3.8) is 0 Å². The molecule has 0 atom stereocenters. The Bertz CT molecular complexity index is 1000. The van der Waals surface area contributed by atoms with E-state index in [1.807, 2.05) is 38.2 Å². The highest BCUT2D eigenvalue weighted by atomic mass is 16.3. The zero-order chi connectivity index (χ0) is 23.0. The first kappa shape index (κ1) is 22.1. The van der Waals surface area contributed by atoms with E-state index in [2.05, 4.69) is 26.2 Å². The normalized spacial score (nSPS) is 23.0. The van der Waals surface area contributed by atoms with Crippen LogP contribution in [0.5, 0.6) is 0 Å². The number of rotatable bonds is 5. The zero-order valence-corrected chi connectivity index (χ0v) is 19.8. The second-order valence-corrected chi connectivity index (χ2v) is 10.2. The highest BCUT2D eigenvalue weighted by Crippen LogP contribution is 2.39. The van der Waals surface area contributed by atoms with Gasteiger partial charge >= 0.3 is 0 Å². The Balaban J connectivity index is 1.24. The molecule has 1 saturated carbocycles. The molecule has 1 saturated heterocycles. The molecule has 2 fully saturated rings. The molecule has 7 nitrogen and oxygen atoms in total. The SMILES string of the molecule is CC(C)(O)c1cccc2c1CCN2c1ccnc(N[C@H]2CC[C@H](C(=O)N3CCCC3)CC2)n1. The highest BCUT2D eigenvalue weighted by Gasteiger charge is 2.31. The van der Waals surface area contributed by atoms with Crippen LogP contribution in [0.3, 0.4) is 0 Å². The lowest BCUT2D eigenvalue weighted by Gasteiger charge is -2.31. The summed E-state index contributed by atoms with van der Waals surface area (Å²) in [6.45, 7) is 6.39. The van der Waals surface area contributed by atoms with Crippen molar-refractivity contribution in [1.29, 1.82) is 0 Å². The molecule has 33 heavy (non-hydrogen) atoms. The smallest absolute Gasteiger partial charge is 0.225 e. The summed E-state index contributed by atoms with van der Waals surface area (Å²) in [5, 5.41) is 14.1. The minimum atomic E-state index is -0.866. The third-order valence-electron chi connectivity index (χ3n) is 7.43. The second kappa shape index (κ2) is 8.93. The number of fused-ring (bicyclic) bond motifs is 1. The Morgan fingerprint density at radius 3 is 2.58 bits per heavy atom. The van der Waals surface area contributed by atoms with Crippen molar-refractivity contribution in [2.75, 3.05) is 29.9 Å². The van der Waals surface area contributed by atoms with Gasteiger partial charge in [-0.25, -0.2) is 4.98 Å². The van der Waals surface area contributed by atoms with Gasteiger partial charge in [0.15, 0.2) is 0 Å². The van der Waals surface area contributed by atoms with Gasteiger partial charge in [0.05, 0.1) is 5.60 Å². The molecule has 0 unspecified atom stereocenters. The molecule has 3 heterocycles. The van der Waals surface area contributed by atoms with E-state index in [1.165, 1.54) is 5.56 Å². The minimum Gasteiger partial charge on any atom is -0.386 e. The molecule has 2 aliphatic heterocycles. The summed E-state index contributed by atoms with van der Waals surface area (Å²) in [5.74, 6) is 2.06. The van der Waals surface area contributed by atoms with Gasteiger partial charge in [-0.3, -0.25) is 4.79 Å². The van der Waals surface area contributed by atoms with E-state index in [0.29, 0.717) is 17.9 Å². The van der Waals surface area contributed by atoms with Gasteiger partial charge in [-0.1, -0.05) is 12.1 Å². The van der Waals surface area contributed by atoms with Crippen molar-refractivity contribution < 1.29 is 9.90 Å². The van der Waals surface area contributed by atoms with Crippen molar-refractivity contribution in [3.05, 3.63) is 41.6 Å². The number of amides is 1. The second-order valence-electron chi connectivity index (χ2n) is 10.2. The van der Waals surface area contributed by atoms with Gasteiger partial charge in [0.2, 0.25) is 11.9 Å². The first-order valence-corrected chi connectivity index (χ1v) is 12.4. The quantitative estimate of drug-likeness (QED) is 0.718. The molecule has 0 bridgehead atoms. The van der Waals surface area contributed by atoms with Crippen LogP contribution in [0, 0.1) is 5.92 Å². The summed E-state index contributed by atoms with van der Waals surface area (Å²) >= 11 is 0. The average Bonchev–Trinajstić information content (AvgIpc) is 3.49. The number of hydrogen-bond acceptors (Lipinski definition) is 6. The van der Waals surface area contributed by atoms with E-state index in [0.717, 1.165) is 81.6 Å². The van der Waals surface area contributed by atoms with Gasteiger partial charge < -0.3 is 20.2 Å². The van der Waals surface area contributed by atoms with Crippen LogP contribution in [0.15, 0.2) is 30.5 Å². The predicted molar refractivity (Wildman–Crippen MR) is 130 cm³/mol. The van der Waals surface area contributed by atoms with E-state index in [4.69, 9.17) is 4.98 Å². The van der Waals surface area contributed by atoms with E-state index < -0.39 is 5.60 Å². The van der Waals surface area contributed by atoms with Crippen molar-refractivity contribution >= 4 is 23.4 Å². The predicted octanol–water partition coefficient (Wildman–Crippen LogP) is 3.99. The van der Waals surface area contributed by atoms with E-state index in [-0.39, 0.29) is 5.92 Å². The van der Waals surface area contributed by atoms with Gasteiger partial charge in [0.25, 0.3) is 0 Å². The van der Waals surface area contributed by atoms with E-state index in [9.17, 15) is 9.90 Å². The molecule has 0 spiro atoms. The number of carbonyl (C=O) groups is 1. The summed E-state index contributed by atoms with van der Waals surface area (Å²) in [5.41, 5.74) is 2.42. The maximum atomic E-state index is 12.7. The Kier molecular flexibility index (Phi) is 5.99. The molecule has 1 aromatic carbocycles. The number of anilines is 3. The third kappa shape index (κ3) is 4.56. The average molecular weight is 450 g/mol. The van der Waals surface area contributed by atoms with Crippen molar-refractivity contribution in [3.8, 4) is 0 Å². The maximum Gasteiger partial charge on any atom is 0.225 e. The Labute approximate surface area is 196 Å². The molecule has 1 amide bonds. The van der Waals surface area contributed by atoms with Crippen LogP contribution >= 0.6 is 0 Å². The van der Waals surface area contributed by atoms with Crippen LogP contribution in [-0.2, 0) is 16.8 Å². The Morgan fingerprint density at radius 2 is 1.85 bits per heavy atom. The van der Waals surface area contributed by atoms with Crippen LogP contribution in [0.2, 0.25) is 0 Å². The summed E-state index contributed by atoms with van der Waals surface area (Å²) in [7, 11) is 0. The van der Waals surface area contributed by atoms with Gasteiger partial charge in [0, 0.05) is 43.5 Å². The van der Waals surface area contributed by atoms with Gasteiger partial charge in [-0.05, 0) is 82.1 Å². The fourth-order valence-electron chi connectivity index (χ4n) is 5.68. The monoisotopic (exact) mass is 449 g/mol. The summed E-state index contributed by atoms with van der Waals surface area (Å²) < 4.78 is 0. The van der Waals surface area contributed by atoms with Gasteiger partial charge in [-0.2, -0.15) is 4.98 Å². The summed E-state index contributed by atoms with van der Waals surface area (Å²) in [6.07, 6.45) is 8.81. The lowest BCUT2D eigenvalue weighted by molar-refractivity contribution is -0.135. The standard InChI is InChI=1S/C26H35N5O2/c1-26(2,33)21-6-5-7-22-20(21)13-17-31(22)23-12-14-27-25(29-23)28-19-10-8-18(9-11-19)24(32)30-15-3-4-16-30/h5-7,12,14,18-19,33H,3-4,8-11,13,15-17H2,1-2H3,(H,27,28,29)/t18-,19-. The van der Waals surface area contributed by atoms with Crippen LogP contribution in [0.25, 0.3) is 0 Å². The number of likely N-dealkylation sites (tertiary alicyclic amines) is 1. The van der Waals surface area contributed by atoms with Crippen LogP contribution in [0.1, 0.15) is 63.5 Å². The first-order valence-electron chi connectivity index (χ1n) is 12.4. The van der Waals surface area contributed by atoms with Crippen LogP contribution in [-0.4, -0.2) is 51.6 Å². The molecular weight excluding hydrogens is 414 g/mol. The first-order chi connectivity index (χ1) is 15.9. The molecule has 2 aromatic rings. The van der Waals surface area contributed by atoms with Crippen LogP contribution < -0.4 is 10.2 Å². The molecular formula is C26H35N5O2. The molecule has 3 aliphatic rings. The molecule has 0 radical (unpaired) electrons. The number of aliphatic hydroxyl groups is 1. The molecule has 176 valence electrons. The maximum absolute atomic E-state index is 12.7. The zero-order valence-electron chi connectivity index (χ0n) is 19.8. The Morgan fingerprint density at radius 1 is 1.09 bits per heavy atom. The topological polar surface area (TPSA) is 81.6 Å². The third-order valence-corrected chi connectivity index (χ3v) is 7.43. The lowest BCUT2D eigenvalue weighted by Crippen LogP contribution is -2.37. The highest BCUT2D eigenvalue weighted by molar-refractivity contribution is 5.79. The van der Waals surface area contributed by atoms with E-state index >= 15 is 0 Å². The molecule has 2 N–H and O–H groups in total. The molecule has 7 heteroatoms. The molecule has 1 aromatic heterocycles. The fourth-order valence-corrected chi connectivity index (χ4v) is 5.68. The number of aromatic nitrogens is 2. The minimum absolute atomic E-state index is 0.180. The van der Waals surface area contributed by atoms with Crippen molar-refractivity contribution in [1.82, 2.24) is 14.9 Å². The van der Waals surface area contributed by atoms with Gasteiger partial charge in [-0.15, -0.1) is 0 Å². The summed E-state index contributed by atoms with van der Waals surface area (Å²) in [4.78, 5) is 26.3. The van der Waals surface area contributed by atoms with E-state index in [1.54, 1.807) is 0 Å². The number of carbonyl (C=O) groups excluding carboxylic acids is 1. The summed E-state index contributed by atoms with van der Waals surface area (Å²) in [6, 6.07) is 8.37. The molecule has 1 aliphatic carbocycles. The Hall–Kier alpha value is -2.67. The van der Waals surface area contributed by atoms with Crippen molar-refractivity contribution in [2.24, 2.45) is 5.92 Å². The van der Waals surface area contributed by atoms with Crippen LogP contribution in [0.4, 0.5) is 17.5 Å².